The van der Waals surface area contributed by atoms with Crippen molar-refractivity contribution in [3.8, 4) is 0 Å². The number of hydrogen-bond donors (Lipinski definition) is 3. The molecule has 0 aliphatic carbocycles. The third-order valence-electron chi connectivity index (χ3n) is 5.76. The summed E-state index contributed by atoms with van der Waals surface area (Å²) in [6.45, 7) is 2.49. The zero-order valence-electron chi connectivity index (χ0n) is 18.5. The number of anilines is 1. The fourth-order valence-corrected chi connectivity index (χ4v) is 4.02. The minimum Gasteiger partial charge on any atom is -0.368 e. The molecule has 0 unspecified atom stereocenters. The first-order valence-corrected chi connectivity index (χ1v) is 11.0. The van der Waals surface area contributed by atoms with Crippen LogP contribution in [0.1, 0.15) is 30.4 Å². The Labute approximate surface area is 189 Å². The summed E-state index contributed by atoms with van der Waals surface area (Å²) in [5.41, 5.74) is 20.5. The maximum atomic E-state index is 13.6. The van der Waals surface area contributed by atoms with E-state index in [4.69, 9.17) is 17.2 Å². The molecule has 32 heavy (non-hydrogen) atoms. The van der Waals surface area contributed by atoms with Gasteiger partial charge in [0.1, 0.15) is 6.04 Å². The third-order valence-corrected chi connectivity index (χ3v) is 5.76. The number of amides is 2. The van der Waals surface area contributed by atoms with E-state index in [0.717, 1.165) is 28.3 Å². The molecule has 0 aliphatic rings. The van der Waals surface area contributed by atoms with Crippen molar-refractivity contribution in [2.24, 2.45) is 17.2 Å². The van der Waals surface area contributed by atoms with Gasteiger partial charge in [0.25, 0.3) is 0 Å². The highest BCUT2D eigenvalue weighted by molar-refractivity contribution is 6.03. The van der Waals surface area contributed by atoms with Crippen LogP contribution in [0.15, 0.2) is 66.7 Å². The van der Waals surface area contributed by atoms with Crippen LogP contribution in [0.3, 0.4) is 0 Å². The first kappa shape index (κ1) is 23.4. The first-order valence-electron chi connectivity index (χ1n) is 11.0. The van der Waals surface area contributed by atoms with E-state index in [2.05, 4.69) is 0 Å². The van der Waals surface area contributed by atoms with Gasteiger partial charge in [-0.05, 0) is 67.6 Å². The van der Waals surface area contributed by atoms with Crippen molar-refractivity contribution in [1.29, 1.82) is 0 Å². The average Bonchev–Trinajstić information content (AvgIpc) is 2.79. The van der Waals surface area contributed by atoms with Crippen LogP contribution in [0.5, 0.6) is 0 Å². The molecule has 0 spiro atoms. The van der Waals surface area contributed by atoms with Crippen LogP contribution in [0.2, 0.25) is 0 Å². The molecule has 168 valence electrons. The number of fused-ring (bicyclic) bond motifs is 1. The minimum absolute atomic E-state index is 0.321. The summed E-state index contributed by atoms with van der Waals surface area (Å²) in [4.78, 5) is 27.5. The molecule has 3 aromatic rings. The van der Waals surface area contributed by atoms with Gasteiger partial charge >= 0.3 is 0 Å². The molecule has 3 aromatic carbocycles. The quantitative estimate of drug-likeness (QED) is 0.427. The van der Waals surface area contributed by atoms with Crippen LogP contribution in [0, 0.1) is 6.92 Å². The first-order chi connectivity index (χ1) is 15.4. The second kappa shape index (κ2) is 10.9. The SMILES string of the molecule is Cc1ccc(N(C(=O)[C@@H](N)Cc2cccc3ccccc23)[C@@H](CCCCN)C(N)=O)cc1. The zero-order chi connectivity index (χ0) is 23.1. The van der Waals surface area contributed by atoms with Gasteiger partial charge in [-0.3, -0.25) is 14.5 Å². The van der Waals surface area contributed by atoms with Crippen molar-refractivity contribution in [2.45, 2.75) is 44.7 Å². The van der Waals surface area contributed by atoms with Crippen molar-refractivity contribution in [1.82, 2.24) is 0 Å². The molecule has 0 aliphatic heterocycles. The van der Waals surface area contributed by atoms with Gasteiger partial charge in [-0.2, -0.15) is 0 Å². The summed E-state index contributed by atoms with van der Waals surface area (Å²) in [7, 11) is 0. The molecule has 0 radical (unpaired) electrons. The molecule has 6 N–H and O–H groups in total. The van der Waals surface area contributed by atoms with Crippen molar-refractivity contribution < 1.29 is 9.59 Å². The molecule has 0 heterocycles. The van der Waals surface area contributed by atoms with Gasteiger partial charge in [-0.15, -0.1) is 0 Å². The van der Waals surface area contributed by atoms with E-state index in [1.165, 1.54) is 4.90 Å². The summed E-state index contributed by atoms with van der Waals surface area (Å²) in [5.74, 6) is -0.869. The Morgan fingerprint density at radius 2 is 1.62 bits per heavy atom. The number of primary amides is 1. The van der Waals surface area contributed by atoms with Crippen LogP contribution < -0.4 is 22.1 Å². The molecule has 6 nitrogen and oxygen atoms in total. The van der Waals surface area contributed by atoms with E-state index in [-0.39, 0.29) is 5.91 Å². The van der Waals surface area contributed by atoms with Crippen LogP contribution >= 0.6 is 0 Å². The fraction of sp³-hybridized carbons (Fsp3) is 0.308. The molecule has 2 amide bonds. The number of rotatable bonds is 10. The van der Waals surface area contributed by atoms with E-state index in [0.29, 0.717) is 31.5 Å². The highest BCUT2D eigenvalue weighted by atomic mass is 16.2. The molecule has 6 heteroatoms. The molecule has 0 aromatic heterocycles. The number of unbranched alkanes of at least 4 members (excludes halogenated alkanes) is 1. The Kier molecular flexibility index (Phi) is 7.98. The minimum atomic E-state index is -0.821. The van der Waals surface area contributed by atoms with E-state index in [1.54, 1.807) is 0 Å². The number of nitrogens with two attached hydrogens (primary N) is 3. The van der Waals surface area contributed by atoms with Crippen LogP contribution in [0.25, 0.3) is 10.8 Å². The number of hydrogen-bond acceptors (Lipinski definition) is 4. The van der Waals surface area contributed by atoms with Gasteiger partial charge in [-0.25, -0.2) is 0 Å². The molecule has 0 bridgehead atoms. The predicted octanol–water partition coefficient (Wildman–Crippen LogP) is 3.03. The number of carbonyl (C=O) groups excluding carboxylic acids is 2. The summed E-state index contributed by atoms with van der Waals surface area (Å²) in [5, 5.41) is 2.16. The second-order valence-electron chi connectivity index (χ2n) is 8.20. The highest BCUT2D eigenvalue weighted by Gasteiger charge is 2.32. The third kappa shape index (κ3) is 5.52. The van der Waals surface area contributed by atoms with E-state index < -0.39 is 18.0 Å². The monoisotopic (exact) mass is 432 g/mol. The zero-order valence-corrected chi connectivity index (χ0v) is 18.5. The summed E-state index contributed by atoms with van der Waals surface area (Å²) < 4.78 is 0. The van der Waals surface area contributed by atoms with Crippen molar-refractivity contribution in [2.75, 3.05) is 11.4 Å². The van der Waals surface area contributed by atoms with Gasteiger partial charge < -0.3 is 17.2 Å². The average molecular weight is 433 g/mol. The Bertz CT molecular complexity index is 1060. The Balaban J connectivity index is 1.92. The molecular weight excluding hydrogens is 400 g/mol. The van der Waals surface area contributed by atoms with Crippen LogP contribution in [0.4, 0.5) is 5.69 Å². The lowest BCUT2D eigenvalue weighted by molar-refractivity contribution is -0.125. The molecule has 3 rings (SSSR count). The van der Waals surface area contributed by atoms with Gasteiger partial charge in [0, 0.05) is 5.69 Å². The second-order valence-corrected chi connectivity index (χ2v) is 8.20. The van der Waals surface area contributed by atoms with Crippen molar-refractivity contribution >= 4 is 28.3 Å². The van der Waals surface area contributed by atoms with E-state index in [9.17, 15) is 9.59 Å². The standard InChI is InChI=1S/C26H32N4O2/c1-18-12-14-21(15-13-18)30(24(25(29)31)11-4-5-16-27)26(32)23(28)17-20-9-6-8-19-7-2-3-10-22(19)20/h2-3,6-10,12-15,23-24H,4-5,11,16-17,27-28H2,1H3,(H2,29,31)/t23-,24-/m0/s1. The fourth-order valence-electron chi connectivity index (χ4n) is 4.02. The molecule has 2 atom stereocenters. The maximum Gasteiger partial charge on any atom is 0.244 e. The van der Waals surface area contributed by atoms with E-state index in [1.807, 2.05) is 73.7 Å². The Morgan fingerprint density at radius 1 is 0.938 bits per heavy atom. The molecule has 0 saturated heterocycles. The number of benzene rings is 3. The predicted molar refractivity (Wildman–Crippen MR) is 130 cm³/mol. The van der Waals surface area contributed by atoms with E-state index >= 15 is 0 Å². The van der Waals surface area contributed by atoms with Crippen molar-refractivity contribution in [3.63, 3.8) is 0 Å². The molecule has 0 fully saturated rings. The highest BCUT2D eigenvalue weighted by Crippen LogP contribution is 2.24. The smallest absolute Gasteiger partial charge is 0.244 e. The largest absolute Gasteiger partial charge is 0.368 e. The lowest BCUT2D eigenvalue weighted by Crippen LogP contribution is -2.54. The Morgan fingerprint density at radius 3 is 2.31 bits per heavy atom. The number of carbonyl (C=O) groups is 2. The summed E-state index contributed by atoms with van der Waals surface area (Å²) >= 11 is 0. The van der Waals surface area contributed by atoms with Gasteiger partial charge in [0.05, 0.1) is 6.04 Å². The van der Waals surface area contributed by atoms with Crippen molar-refractivity contribution in [3.05, 3.63) is 77.9 Å². The lowest BCUT2D eigenvalue weighted by Gasteiger charge is -2.32. The van der Waals surface area contributed by atoms with Crippen LogP contribution in [-0.4, -0.2) is 30.4 Å². The lowest BCUT2D eigenvalue weighted by atomic mass is 9.97. The number of aryl methyl sites for hydroxylation is 1. The summed E-state index contributed by atoms with van der Waals surface area (Å²) in [6.07, 6.45) is 2.24. The maximum absolute atomic E-state index is 13.6. The van der Waals surface area contributed by atoms with Crippen LogP contribution in [-0.2, 0) is 16.0 Å². The van der Waals surface area contributed by atoms with Gasteiger partial charge in [0.2, 0.25) is 11.8 Å². The van der Waals surface area contributed by atoms with Gasteiger partial charge in [-0.1, -0.05) is 60.2 Å². The summed E-state index contributed by atoms with van der Waals surface area (Å²) in [6, 6.07) is 19.9. The van der Waals surface area contributed by atoms with Gasteiger partial charge in [0.15, 0.2) is 0 Å². The number of nitrogens with zero attached hydrogens (tertiary/aromatic N) is 1. The Hall–Kier alpha value is -3.22. The topological polar surface area (TPSA) is 115 Å². The molecule has 0 saturated carbocycles. The molecular formula is C26H32N4O2. The normalized spacial score (nSPS) is 13.0.